The van der Waals surface area contributed by atoms with E-state index < -0.39 is 5.60 Å². The standard InChI is InChI=1S/C30H47N3O2/c1-25(22-26-10-4-2-5-11-26)28(34)33-17-16-30(35,29(23-33)14-8-9-15-29)24-31-18-20-32(21-19-31)27-12-6-3-7-13-27/h3,6-7,12-13,25-26,35H,2,4-5,8-11,14-24H2,1H3/t25-,30?/m1/s1. The van der Waals surface area contributed by atoms with Gasteiger partial charge in [0.05, 0.1) is 5.60 Å². The number of benzene rings is 1. The minimum atomic E-state index is -0.679. The summed E-state index contributed by atoms with van der Waals surface area (Å²) in [5.74, 6) is 1.20. The Kier molecular flexibility index (Phi) is 7.74. The monoisotopic (exact) mass is 481 g/mol. The lowest BCUT2D eigenvalue weighted by Gasteiger charge is -2.54. The van der Waals surface area contributed by atoms with Crippen LogP contribution in [0.15, 0.2) is 30.3 Å². The van der Waals surface area contributed by atoms with Crippen molar-refractivity contribution in [2.24, 2.45) is 17.3 Å². The van der Waals surface area contributed by atoms with Crippen molar-refractivity contribution in [2.45, 2.75) is 83.2 Å². The maximum Gasteiger partial charge on any atom is 0.225 e. The normalized spacial score (nSPS) is 29.0. The van der Waals surface area contributed by atoms with Crippen molar-refractivity contribution >= 4 is 11.6 Å². The summed E-state index contributed by atoms with van der Waals surface area (Å²) in [6, 6.07) is 10.7. The zero-order valence-corrected chi connectivity index (χ0v) is 22.0. The van der Waals surface area contributed by atoms with Gasteiger partial charge >= 0.3 is 0 Å². The van der Waals surface area contributed by atoms with E-state index >= 15 is 0 Å². The fraction of sp³-hybridized carbons (Fsp3) is 0.767. The number of hydrogen-bond donors (Lipinski definition) is 1. The Balaban J connectivity index is 1.20. The van der Waals surface area contributed by atoms with Gasteiger partial charge in [0.25, 0.3) is 0 Å². The highest BCUT2D eigenvalue weighted by atomic mass is 16.3. The molecule has 1 aromatic carbocycles. The van der Waals surface area contributed by atoms with Crippen LogP contribution in [0, 0.1) is 17.3 Å². The van der Waals surface area contributed by atoms with Crippen LogP contribution in [0.25, 0.3) is 0 Å². The summed E-state index contributed by atoms with van der Waals surface area (Å²) in [6.07, 6.45) is 12.9. The molecule has 194 valence electrons. The Morgan fingerprint density at radius 2 is 1.63 bits per heavy atom. The average Bonchev–Trinajstić information content (AvgIpc) is 3.37. The first-order valence-electron chi connectivity index (χ1n) is 14.5. The summed E-state index contributed by atoms with van der Waals surface area (Å²) in [5, 5.41) is 12.2. The second-order valence-corrected chi connectivity index (χ2v) is 12.3. The highest BCUT2D eigenvalue weighted by Gasteiger charge is 2.56. The summed E-state index contributed by atoms with van der Waals surface area (Å²) in [5.41, 5.74) is 0.497. The molecule has 2 aliphatic heterocycles. The third-order valence-corrected chi connectivity index (χ3v) is 9.96. The molecule has 1 N–H and O–H groups in total. The summed E-state index contributed by atoms with van der Waals surface area (Å²) in [4.78, 5) is 20.6. The van der Waals surface area contributed by atoms with Gasteiger partial charge in [0.2, 0.25) is 5.91 Å². The Hall–Kier alpha value is -1.59. The molecule has 35 heavy (non-hydrogen) atoms. The van der Waals surface area contributed by atoms with Crippen LogP contribution in [0.1, 0.15) is 77.6 Å². The second kappa shape index (κ2) is 10.8. The number of nitrogens with zero attached hydrogens (tertiary/aromatic N) is 3. The smallest absolute Gasteiger partial charge is 0.225 e. The molecule has 1 amide bonds. The Morgan fingerprint density at radius 3 is 2.31 bits per heavy atom. The van der Waals surface area contributed by atoms with Crippen LogP contribution in [0.4, 0.5) is 5.69 Å². The van der Waals surface area contributed by atoms with E-state index in [1.54, 1.807) is 0 Å². The molecule has 4 fully saturated rings. The van der Waals surface area contributed by atoms with Gasteiger partial charge in [-0.05, 0) is 43.7 Å². The van der Waals surface area contributed by atoms with Crippen molar-refractivity contribution in [1.29, 1.82) is 0 Å². The first kappa shape index (κ1) is 25.1. The number of amides is 1. The van der Waals surface area contributed by atoms with Crippen LogP contribution in [0.5, 0.6) is 0 Å². The largest absolute Gasteiger partial charge is 0.388 e. The van der Waals surface area contributed by atoms with Crippen molar-refractivity contribution in [1.82, 2.24) is 9.80 Å². The van der Waals surface area contributed by atoms with E-state index in [1.165, 1.54) is 50.6 Å². The zero-order valence-electron chi connectivity index (χ0n) is 22.0. The van der Waals surface area contributed by atoms with Gasteiger partial charge in [0, 0.05) is 62.8 Å². The topological polar surface area (TPSA) is 47.0 Å². The van der Waals surface area contributed by atoms with E-state index in [0.29, 0.717) is 5.91 Å². The fourth-order valence-electron chi connectivity index (χ4n) is 7.80. The molecule has 5 nitrogen and oxygen atoms in total. The maximum atomic E-state index is 13.5. The van der Waals surface area contributed by atoms with Gasteiger partial charge in [-0.2, -0.15) is 0 Å². The molecule has 0 bridgehead atoms. The fourth-order valence-corrected chi connectivity index (χ4v) is 7.80. The third kappa shape index (κ3) is 5.41. The molecule has 2 heterocycles. The molecule has 1 spiro atoms. The van der Waals surface area contributed by atoms with Crippen molar-refractivity contribution in [2.75, 3.05) is 50.7 Å². The lowest BCUT2D eigenvalue weighted by molar-refractivity contribution is -0.165. The summed E-state index contributed by atoms with van der Waals surface area (Å²) in [6.45, 7) is 8.41. The van der Waals surface area contributed by atoms with Crippen molar-refractivity contribution in [3.63, 3.8) is 0 Å². The minimum Gasteiger partial charge on any atom is -0.388 e. The summed E-state index contributed by atoms with van der Waals surface area (Å²) < 4.78 is 0. The van der Waals surface area contributed by atoms with Crippen LogP contribution in [-0.4, -0.2) is 72.2 Å². The Bertz CT molecular complexity index is 825. The van der Waals surface area contributed by atoms with Gasteiger partial charge in [0.15, 0.2) is 0 Å². The van der Waals surface area contributed by atoms with Gasteiger partial charge in [0.1, 0.15) is 0 Å². The van der Waals surface area contributed by atoms with Crippen molar-refractivity contribution in [3.8, 4) is 0 Å². The molecule has 4 aliphatic rings. The number of aliphatic hydroxyl groups is 1. The third-order valence-electron chi connectivity index (χ3n) is 9.96. The average molecular weight is 482 g/mol. The summed E-state index contributed by atoms with van der Waals surface area (Å²) in [7, 11) is 0. The molecule has 2 aliphatic carbocycles. The first-order valence-corrected chi connectivity index (χ1v) is 14.5. The molecule has 2 atom stereocenters. The first-order chi connectivity index (χ1) is 17.0. The number of anilines is 1. The van der Waals surface area contributed by atoms with E-state index in [9.17, 15) is 9.90 Å². The van der Waals surface area contributed by atoms with E-state index in [0.717, 1.165) is 77.4 Å². The van der Waals surface area contributed by atoms with E-state index in [2.05, 4.69) is 52.0 Å². The van der Waals surface area contributed by atoms with Crippen LogP contribution in [0.2, 0.25) is 0 Å². The molecule has 1 aromatic rings. The zero-order chi connectivity index (χ0) is 24.3. The number of β-amino-alcohol motifs (C(OH)–C–C–N with tert-alkyl or cyclic N) is 1. The van der Waals surface area contributed by atoms with Crippen LogP contribution in [-0.2, 0) is 4.79 Å². The number of para-hydroxylation sites is 1. The number of carbonyl (C=O) groups excluding carboxylic acids is 1. The van der Waals surface area contributed by atoms with Gasteiger partial charge in [-0.15, -0.1) is 0 Å². The van der Waals surface area contributed by atoms with E-state index in [-0.39, 0.29) is 11.3 Å². The van der Waals surface area contributed by atoms with Gasteiger partial charge in [-0.1, -0.05) is 70.1 Å². The van der Waals surface area contributed by atoms with Crippen molar-refractivity contribution < 1.29 is 9.90 Å². The lowest BCUT2D eigenvalue weighted by Crippen LogP contribution is -2.65. The molecule has 2 saturated carbocycles. The van der Waals surface area contributed by atoms with Crippen LogP contribution >= 0.6 is 0 Å². The van der Waals surface area contributed by atoms with Gasteiger partial charge in [-0.25, -0.2) is 0 Å². The SMILES string of the molecule is C[C@H](CC1CCCCC1)C(=O)N1CCC(O)(CN2CCN(c3ccccc3)CC2)C2(CCCC2)C1. The van der Waals surface area contributed by atoms with Gasteiger partial charge < -0.3 is 14.9 Å². The number of rotatable bonds is 6. The van der Waals surface area contributed by atoms with Crippen LogP contribution < -0.4 is 4.90 Å². The molecular weight excluding hydrogens is 434 g/mol. The highest BCUT2D eigenvalue weighted by Crippen LogP contribution is 2.51. The van der Waals surface area contributed by atoms with E-state index in [4.69, 9.17) is 0 Å². The quantitative estimate of drug-likeness (QED) is 0.625. The number of likely N-dealkylation sites (tertiary alicyclic amines) is 1. The minimum absolute atomic E-state index is 0.119. The maximum absolute atomic E-state index is 13.5. The number of piperazine rings is 1. The molecule has 5 rings (SSSR count). The Labute approximate surface area is 212 Å². The van der Waals surface area contributed by atoms with E-state index in [1.807, 2.05) is 0 Å². The number of hydrogen-bond acceptors (Lipinski definition) is 4. The Morgan fingerprint density at radius 1 is 0.943 bits per heavy atom. The second-order valence-electron chi connectivity index (χ2n) is 12.3. The summed E-state index contributed by atoms with van der Waals surface area (Å²) >= 11 is 0. The molecule has 0 aromatic heterocycles. The number of carbonyl (C=O) groups is 1. The predicted molar refractivity (Wildman–Crippen MR) is 142 cm³/mol. The van der Waals surface area contributed by atoms with Gasteiger partial charge in [-0.3, -0.25) is 9.69 Å². The number of piperidine rings is 1. The predicted octanol–water partition coefficient (Wildman–Crippen LogP) is 4.94. The molecule has 5 heteroatoms. The highest BCUT2D eigenvalue weighted by molar-refractivity contribution is 5.78. The molecule has 0 radical (unpaired) electrons. The van der Waals surface area contributed by atoms with Crippen LogP contribution in [0.3, 0.4) is 0 Å². The van der Waals surface area contributed by atoms with Crippen molar-refractivity contribution in [3.05, 3.63) is 30.3 Å². The lowest BCUT2D eigenvalue weighted by atomic mass is 9.65. The molecule has 1 unspecified atom stereocenters. The molecule has 2 saturated heterocycles. The molecular formula is C30H47N3O2.